The van der Waals surface area contributed by atoms with Crippen molar-refractivity contribution in [1.29, 1.82) is 0 Å². The molecule has 0 unspecified atom stereocenters. The van der Waals surface area contributed by atoms with Crippen LogP contribution in [-0.2, 0) is 16.1 Å². The van der Waals surface area contributed by atoms with E-state index in [1.54, 1.807) is 25.3 Å². The molecule has 0 bridgehead atoms. The Labute approximate surface area is 172 Å². The molecule has 0 aliphatic carbocycles. The SMILES string of the molecule is COCCCNC(=O)c1ccc2c(c1)N(Cc1c(F)cccc1Cl)C(=O)CS2. The van der Waals surface area contributed by atoms with E-state index in [4.69, 9.17) is 16.3 Å². The second-order valence-corrected chi connectivity index (χ2v) is 7.68. The number of fused-ring (bicyclic) bond motifs is 1. The third-order valence-electron chi connectivity index (χ3n) is 4.35. The summed E-state index contributed by atoms with van der Waals surface area (Å²) in [6, 6.07) is 9.63. The van der Waals surface area contributed by atoms with E-state index in [9.17, 15) is 14.0 Å². The first-order chi connectivity index (χ1) is 13.5. The monoisotopic (exact) mass is 422 g/mol. The Morgan fingerprint density at radius 3 is 2.93 bits per heavy atom. The maximum absolute atomic E-state index is 14.2. The molecule has 1 aliphatic heterocycles. The van der Waals surface area contributed by atoms with Gasteiger partial charge in [0.1, 0.15) is 5.82 Å². The number of rotatable bonds is 7. The van der Waals surface area contributed by atoms with Gasteiger partial charge in [0.15, 0.2) is 0 Å². The molecule has 0 atom stereocenters. The van der Waals surface area contributed by atoms with Crippen LogP contribution in [0, 0.1) is 5.82 Å². The number of benzene rings is 2. The first kappa shape index (κ1) is 20.6. The van der Waals surface area contributed by atoms with Gasteiger partial charge in [-0.25, -0.2) is 4.39 Å². The van der Waals surface area contributed by atoms with Crippen molar-refractivity contribution in [3.8, 4) is 0 Å². The summed E-state index contributed by atoms with van der Waals surface area (Å²) in [5.74, 6) is -0.603. The smallest absolute Gasteiger partial charge is 0.251 e. The summed E-state index contributed by atoms with van der Waals surface area (Å²) in [7, 11) is 1.61. The zero-order chi connectivity index (χ0) is 20.1. The van der Waals surface area contributed by atoms with E-state index in [1.807, 2.05) is 6.07 Å². The largest absolute Gasteiger partial charge is 0.385 e. The van der Waals surface area contributed by atoms with Crippen molar-refractivity contribution in [3.63, 3.8) is 0 Å². The summed E-state index contributed by atoms with van der Waals surface area (Å²) in [6.45, 7) is 1.07. The van der Waals surface area contributed by atoms with Crippen molar-refractivity contribution in [2.24, 2.45) is 0 Å². The average Bonchev–Trinajstić information content (AvgIpc) is 2.69. The Hall–Kier alpha value is -2.09. The molecular formula is C20H20ClFN2O3S. The van der Waals surface area contributed by atoms with Crippen LogP contribution < -0.4 is 10.2 Å². The Bertz CT molecular complexity index is 873. The Morgan fingerprint density at radius 1 is 1.36 bits per heavy atom. The van der Waals surface area contributed by atoms with Crippen LogP contribution in [0.3, 0.4) is 0 Å². The number of nitrogens with zero attached hydrogens (tertiary/aromatic N) is 1. The van der Waals surface area contributed by atoms with E-state index < -0.39 is 5.82 Å². The third-order valence-corrected chi connectivity index (χ3v) is 5.75. The second-order valence-electron chi connectivity index (χ2n) is 6.25. The molecule has 8 heteroatoms. The van der Waals surface area contributed by atoms with E-state index in [1.165, 1.54) is 28.8 Å². The van der Waals surface area contributed by atoms with Gasteiger partial charge >= 0.3 is 0 Å². The van der Waals surface area contributed by atoms with Crippen molar-refractivity contribution in [2.75, 3.05) is 30.9 Å². The van der Waals surface area contributed by atoms with Crippen molar-refractivity contribution >= 4 is 40.9 Å². The number of halogens is 2. The fraction of sp³-hybridized carbons (Fsp3) is 0.300. The lowest BCUT2D eigenvalue weighted by atomic mass is 10.1. The molecule has 0 spiro atoms. The molecular weight excluding hydrogens is 403 g/mol. The van der Waals surface area contributed by atoms with Crippen LogP contribution in [0.15, 0.2) is 41.3 Å². The highest BCUT2D eigenvalue weighted by Gasteiger charge is 2.27. The van der Waals surface area contributed by atoms with Crippen molar-refractivity contribution in [2.45, 2.75) is 17.9 Å². The van der Waals surface area contributed by atoms with Crippen molar-refractivity contribution in [3.05, 3.63) is 58.4 Å². The van der Waals surface area contributed by atoms with Gasteiger partial charge < -0.3 is 15.0 Å². The number of carbonyl (C=O) groups excluding carboxylic acids is 2. The highest BCUT2D eigenvalue weighted by Crippen LogP contribution is 2.37. The first-order valence-corrected chi connectivity index (χ1v) is 10.1. The lowest BCUT2D eigenvalue weighted by Crippen LogP contribution is -2.35. The van der Waals surface area contributed by atoms with Crippen LogP contribution in [0.2, 0.25) is 5.02 Å². The molecule has 5 nitrogen and oxygen atoms in total. The van der Waals surface area contributed by atoms with Crippen LogP contribution in [0.25, 0.3) is 0 Å². The summed E-state index contributed by atoms with van der Waals surface area (Å²) < 4.78 is 19.2. The number of carbonyl (C=O) groups is 2. The predicted molar refractivity (Wildman–Crippen MR) is 109 cm³/mol. The van der Waals surface area contributed by atoms with Gasteiger partial charge in [0, 0.05) is 41.3 Å². The van der Waals surface area contributed by atoms with Gasteiger partial charge in [-0.05, 0) is 36.8 Å². The average molecular weight is 423 g/mol. The fourth-order valence-electron chi connectivity index (χ4n) is 2.88. The quantitative estimate of drug-likeness (QED) is 0.688. The number of anilines is 1. The van der Waals surface area contributed by atoms with E-state index in [0.29, 0.717) is 30.8 Å². The summed E-state index contributed by atoms with van der Waals surface area (Å²) in [5, 5.41) is 3.09. The van der Waals surface area contributed by atoms with Crippen LogP contribution >= 0.6 is 23.4 Å². The Balaban J connectivity index is 1.85. The Kier molecular flexibility index (Phi) is 6.93. The third kappa shape index (κ3) is 4.66. The maximum atomic E-state index is 14.2. The Morgan fingerprint density at radius 2 is 2.18 bits per heavy atom. The highest BCUT2D eigenvalue weighted by molar-refractivity contribution is 8.00. The highest BCUT2D eigenvalue weighted by atomic mass is 35.5. The number of hydrogen-bond acceptors (Lipinski definition) is 4. The number of methoxy groups -OCH3 is 1. The summed E-state index contributed by atoms with van der Waals surface area (Å²) in [5.41, 5.74) is 1.28. The molecule has 2 amide bonds. The molecule has 28 heavy (non-hydrogen) atoms. The van der Waals surface area contributed by atoms with Gasteiger partial charge in [-0.2, -0.15) is 0 Å². The summed E-state index contributed by atoms with van der Waals surface area (Å²) >= 11 is 7.53. The molecule has 2 aromatic rings. The van der Waals surface area contributed by atoms with Crippen molar-refractivity contribution in [1.82, 2.24) is 5.32 Å². The minimum atomic E-state index is -0.466. The van der Waals surface area contributed by atoms with Gasteiger partial charge in [-0.3, -0.25) is 9.59 Å². The molecule has 0 radical (unpaired) electrons. The summed E-state index contributed by atoms with van der Waals surface area (Å²) in [6.07, 6.45) is 0.708. The predicted octanol–water partition coefficient (Wildman–Crippen LogP) is 3.88. The van der Waals surface area contributed by atoms with E-state index in [0.717, 1.165) is 4.90 Å². The molecule has 0 fully saturated rings. The van der Waals surface area contributed by atoms with Gasteiger partial charge in [0.2, 0.25) is 5.91 Å². The van der Waals surface area contributed by atoms with Crippen LogP contribution in [-0.4, -0.2) is 37.8 Å². The summed E-state index contributed by atoms with van der Waals surface area (Å²) in [4.78, 5) is 27.3. The van der Waals surface area contributed by atoms with Crippen LogP contribution in [0.4, 0.5) is 10.1 Å². The van der Waals surface area contributed by atoms with E-state index >= 15 is 0 Å². The van der Waals surface area contributed by atoms with Gasteiger partial charge in [0.05, 0.1) is 18.0 Å². The molecule has 0 saturated carbocycles. The molecule has 1 heterocycles. The zero-order valence-corrected chi connectivity index (χ0v) is 16.9. The number of ether oxygens (including phenoxy) is 1. The fourth-order valence-corrected chi connectivity index (χ4v) is 4.02. The zero-order valence-electron chi connectivity index (χ0n) is 15.3. The molecule has 1 aliphatic rings. The van der Waals surface area contributed by atoms with Gasteiger partial charge in [-0.1, -0.05) is 17.7 Å². The standard InChI is InChI=1S/C20H20ClFN2O3S/c1-27-9-3-8-23-20(26)13-6-7-18-17(10-13)24(19(25)12-28-18)11-14-15(21)4-2-5-16(14)22/h2,4-7,10H,3,8-9,11-12H2,1H3,(H,23,26). The number of hydrogen-bond donors (Lipinski definition) is 1. The molecule has 1 N–H and O–H groups in total. The number of amides is 2. The first-order valence-electron chi connectivity index (χ1n) is 8.78. The van der Waals surface area contributed by atoms with Crippen LogP contribution in [0.1, 0.15) is 22.3 Å². The minimum absolute atomic E-state index is 0.0107. The van der Waals surface area contributed by atoms with Gasteiger partial charge in [-0.15, -0.1) is 11.8 Å². The molecule has 3 rings (SSSR count). The van der Waals surface area contributed by atoms with Crippen molar-refractivity contribution < 1.29 is 18.7 Å². The molecule has 148 valence electrons. The minimum Gasteiger partial charge on any atom is -0.385 e. The van der Waals surface area contributed by atoms with Crippen LogP contribution in [0.5, 0.6) is 0 Å². The van der Waals surface area contributed by atoms with E-state index in [2.05, 4.69) is 5.32 Å². The molecule has 0 aromatic heterocycles. The maximum Gasteiger partial charge on any atom is 0.251 e. The second kappa shape index (κ2) is 9.41. The topological polar surface area (TPSA) is 58.6 Å². The molecule has 2 aromatic carbocycles. The normalized spacial score (nSPS) is 13.4. The lowest BCUT2D eigenvalue weighted by Gasteiger charge is -2.30. The number of nitrogens with one attached hydrogen (secondary N) is 1. The van der Waals surface area contributed by atoms with E-state index in [-0.39, 0.29) is 34.7 Å². The number of thioether (sulfide) groups is 1. The lowest BCUT2D eigenvalue weighted by molar-refractivity contribution is -0.116. The van der Waals surface area contributed by atoms with Gasteiger partial charge in [0.25, 0.3) is 5.91 Å². The molecule has 0 saturated heterocycles.